The van der Waals surface area contributed by atoms with Gasteiger partial charge in [-0.05, 0) is 20.3 Å². The van der Waals surface area contributed by atoms with Crippen molar-refractivity contribution >= 4 is 17.5 Å². The van der Waals surface area contributed by atoms with Crippen molar-refractivity contribution in [1.82, 2.24) is 0 Å². The molecule has 2 unspecified atom stereocenters. The molecule has 0 aliphatic heterocycles. The van der Waals surface area contributed by atoms with Crippen LogP contribution in [0.5, 0.6) is 0 Å². The Morgan fingerprint density at radius 1 is 1.07 bits per heavy atom. The van der Waals surface area contributed by atoms with Gasteiger partial charge in [-0.25, -0.2) is 0 Å². The van der Waals surface area contributed by atoms with Gasteiger partial charge >= 0.3 is 5.97 Å². The maximum atomic E-state index is 11.2. The minimum absolute atomic E-state index is 0.117. The van der Waals surface area contributed by atoms with E-state index >= 15 is 0 Å². The van der Waals surface area contributed by atoms with E-state index in [1.54, 1.807) is 6.92 Å². The van der Waals surface area contributed by atoms with Gasteiger partial charge in [0.1, 0.15) is 11.6 Å². The molecule has 4 heteroatoms. The molecule has 0 aromatic carbocycles. The fraction of sp³-hybridized carbons (Fsp3) is 0.700. The summed E-state index contributed by atoms with van der Waals surface area (Å²) >= 11 is 0. The third-order valence-corrected chi connectivity index (χ3v) is 2.36. The van der Waals surface area contributed by atoms with E-state index in [0.29, 0.717) is 6.42 Å². The summed E-state index contributed by atoms with van der Waals surface area (Å²) in [6, 6.07) is 0. The first-order valence-electron chi connectivity index (χ1n) is 4.62. The highest BCUT2D eigenvalue weighted by atomic mass is 16.4. The molecule has 0 aliphatic carbocycles. The number of carbonyl (C=O) groups excluding carboxylic acids is 2. The molecule has 4 nitrogen and oxygen atoms in total. The van der Waals surface area contributed by atoms with Crippen LogP contribution in [0.2, 0.25) is 0 Å². The molecule has 2 atom stereocenters. The van der Waals surface area contributed by atoms with Crippen LogP contribution >= 0.6 is 0 Å². The van der Waals surface area contributed by atoms with E-state index in [1.165, 1.54) is 13.8 Å². The Hall–Kier alpha value is -1.19. The normalized spacial score (nSPS) is 14.5. The smallest absolute Gasteiger partial charge is 0.304 e. The Labute approximate surface area is 83.3 Å². The van der Waals surface area contributed by atoms with Crippen molar-refractivity contribution in [3.63, 3.8) is 0 Å². The highest BCUT2D eigenvalue weighted by molar-refractivity contribution is 5.89. The molecule has 1 N–H and O–H groups in total. The minimum atomic E-state index is -1.04. The molecular weight excluding hydrogens is 184 g/mol. The fourth-order valence-electron chi connectivity index (χ4n) is 1.61. The van der Waals surface area contributed by atoms with E-state index in [-0.39, 0.29) is 18.0 Å². The highest BCUT2D eigenvalue weighted by Crippen LogP contribution is 2.21. The fourth-order valence-corrected chi connectivity index (χ4v) is 1.61. The quantitative estimate of drug-likeness (QED) is 0.701. The van der Waals surface area contributed by atoms with Gasteiger partial charge < -0.3 is 5.11 Å². The molecule has 0 fully saturated rings. The first-order valence-corrected chi connectivity index (χ1v) is 4.62. The summed E-state index contributed by atoms with van der Waals surface area (Å²) in [5, 5.41) is 8.60. The summed E-state index contributed by atoms with van der Waals surface area (Å²) in [6.45, 7) is 4.51. The van der Waals surface area contributed by atoms with E-state index in [1.807, 2.05) is 0 Å². The lowest BCUT2D eigenvalue weighted by atomic mass is 9.82. The molecule has 0 aromatic heterocycles. The Bertz CT molecular complexity index is 245. The number of hydrogen-bond acceptors (Lipinski definition) is 3. The van der Waals surface area contributed by atoms with Gasteiger partial charge in [-0.2, -0.15) is 0 Å². The summed E-state index contributed by atoms with van der Waals surface area (Å²) in [5.41, 5.74) is 0. The van der Waals surface area contributed by atoms with Crippen LogP contribution in [0.1, 0.15) is 33.6 Å². The second-order valence-corrected chi connectivity index (χ2v) is 3.44. The van der Waals surface area contributed by atoms with Crippen LogP contribution in [0.25, 0.3) is 0 Å². The standard InChI is InChI=1S/C10H16O4/c1-4-8(6(2)11)9(7(3)12)5-10(13)14/h8-9H,4-5H2,1-3H3,(H,13,14). The Balaban J connectivity index is 4.69. The average Bonchev–Trinajstić information content (AvgIpc) is 2.02. The monoisotopic (exact) mass is 200 g/mol. The lowest BCUT2D eigenvalue weighted by Gasteiger charge is -2.19. The van der Waals surface area contributed by atoms with Crippen molar-refractivity contribution in [3.8, 4) is 0 Å². The minimum Gasteiger partial charge on any atom is -0.481 e. The zero-order valence-electron chi connectivity index (χ0n) is 8.74. The summed E-state index contributed by atoms with van der Waals surface area (Å²) in [5.74, 6) is -2.51. The zero-order valence-corrected chi connectivity index (χ0v) is 8.74. The van der Waals surface area contributed by atoms with Gasteiger partial charge in [0.05, 0.1) is 6.42 Å². The van der Waals surface area contributed by atoms with E-state index in [0.717, 1.165) is 0 Å². The van der Waals surface area contributed by atoms with Crippen molar-refractivity contribution in [3.05, 3.63) is 0 Å². The molecule has 0 saturated heterocycles. The van der Waals surface area contributed by atoms with Crippen LogP contribution in [0.3, 0.4) is 0 Å². The van der Waals surface area contributed by atoms with Crippen LogP contribution in [0, 0.1) is 11.8 Å². The van der Waals surface area contributed by atoms with Crippen molar-refractivity contribution in [2.45, 2.75) is 33.6 Å². The SMILES string of the molecule is CCC(C(C)=O)C(CC(=O)O)C(C)=O. The van der Waals surface area contributed by atoms with E-state index in [4.69, 9.17) is 5.11 Å². The summed E-state index contributed by atoms with van der Waals surface area (Å²) in [4.78, 5) is 32.8. The predicted molar refractivity (Wildman–Crippen MR) is 50.9 cm³/mol. The first-order chi connectivity index (χ1) is 6.40. The second-order valence-electron chi connectivity index (χ2n) is 3.44. The Morgan fingerprint density at radius 2 is 1.50 bits per heavy atom. The number of aliphatic carboxylic acids is 1. The van der Waals surface area contributed by atoms with Gasteiger partial charge in [-0.1, -0.05) is 6.92 Å². The predicted octanol–water partition coefficient (Wildman–Crippen LogP) is 1.28. The number of rotatable bonds is 6. The number of hydrogen-bond donors (Lipinski definition) is 1. The Kier molecular flexibility index (Phi) is 5.05. The second kappa shape index (κ2) is 5.52. The molecule has 0 spiro atoms. The largest absolute Gasteiger partial charge is 0.481 e. The molecular formula is C10H16O4. The average molecular weight is 200 g/mol. The van der Waals surface area contributed by atoms with Crippen LogP contribution in [-0.2, 0) is 14.4 Å². The van der Waals surface area contributed by atoms with E-state index in [9.17, 15) is 14.4 Å². The molecule has 0 rings (SSSR count). The highest BCUT2D eigenvalue weighted by Gasteiger charge is 2.29. The topological polar surface area (TPSA) is 71.4 Å². The third-order valence-electron chi connectivity index (χ3n) is 2.36. The van der Waals surface area contributed by atoms with Gasteiger partial charge in [0.25, 0.3) is 0 Å². The van der Waals surface area contributed by atoms with Crippen LogP contribution < -0.4 is 0 Å². The summed E-state index contributed by atoms with van der Waals surface area (Å²) in [6.07, 6.45) is 0.250. The number of Topliss-reactive ketones (excluding diaryl/α,β-unsaturated/α-hetero) is 2. The number of carboxylic acids is 1. The third kappa shape index (κ3) is 3.68. The number of ketones is 2. The molecule has 0 saturated carbocycles. The lowest BCUT2D eigenvalue weighted by Crippen LogP contribution is -2.29. The first kappa shape index (κ1) is 12.8. The summed E-state index contributed by atoms with van der Waals surface area (Å²) < 4.78 is 0. The molecule has 0 aliphatic rings. The number of carboxylic acid groups (broad SMARTS) is 1. The molecule has 0 heterocycles. The van der Waals surface area contributed by atoms with Gasteiger partial charge in [-0.15, -0.1) is 0 Å². The molecule has 0 aromatic rings. The molecule has 14 heavy (non-hydrogen) atoms. The van der Waals surface area contributed by atoms with Gasteiger partial charge in [0, 0.05) is 11.8 Å². The lowest BCUT2D eigenvalue weighted by molar-refractivity contribution is -0.142. The zero-order chi connectivity index (χ0) is 11.3. The van der Waals surface area contributed by atoms with E-state index in [2.05, 4.69) is 0 Å². The molecule has 80 valence electrons. The number of carbonyl (C=O) groups is 3. The maximum absolute atomic E-state index is 11.2. The van der Waals surface area contributed by atoms with Crippen molar-refractivity contribution < 1.29 is 19.5 Å². The molecule has 0 radical (unpaired) electrons. The van der Waals surface area contributed by atoms with Crippen molar-refractivity contribution in [2.24, 2.45) is 11.8 Å². The van der Waals surface area contributed by atoms with Gasteiger partial charge in [0.2, 0.25) is 0 Å². The summed E-state index contributed by atoms with van der Waals surface area (Å²) in [7, 11) is 0. The maximum Gasteiger partial charge on any atom is 0.304 e. The van der Waals surface area contributed by atoms with Crippen molar-refractivity contribution in [2.75, 3.05) is 0 Å². The molecule has 0 amide bonds. The van der Waals surface area contributed by atoms with Crippen LogP contribution in [0.4, 0.5) is 0 Å². The molecule has 0 bridgehead atoms. The van der Waals surface area contributed by atoms with Gasteiger partial charge in [0.15, 0.2) is 0 Å². The Morgan fingerprint density at radius 3 is 1.71 bits per heavy atom. The van der Waals surface area contributed by atoms with E-state index < -0.39 is 17.8 Å². The van der Waals surface area contributed by atoms with Crippen molar-refractivity contribution in [1.29, 1.82) is 0 Å². The van der Waals surface area contributed by atoms with Crippen LogP contribution in [0.15, 0.2) is 0 Å². The van der Waals surface area contributed by atoms with Crippen LogP contribution in [-0.4, -0.2) is 22.6 Å². The van der Waals surface area contributed by atoms with Gasteiger partial charge in [-0.3, -0.25) is 14.4 Å².